The molecule has 0 fully saturated rings. The van der Waals surface area contributed by atoms with Gasteiger partial charge in [0.2, 0.25) is 0 Å². The maximum absolute atomic E-state index is 13.0. The Labute approximate surface area is 524 Å². The van der Waals surface area contributed by atoms with Crippen LogP contribution in [0.25, 0.3) is 0 Å². The van der Waals surface area contributed by atoms with E-state index in [0.29, 0.717) is 25.7 Å². The van der Waals surface area contributed by atoms with E-state index in [4.69, 9.17) is 37.0 Å². The monoisotopic (exact) mass is 1270 g/mol. The van der Waals surface area contributed by atoms with E-state index in [9.17, 15) is 43.2 Å². The van der Waals surface area contributed by atoms with Crippen molar-refractivity contribution < 1.29 is 80.2 Å². The van der Waals surface area contributed by atoms with Crippen LogP contribution in [0.5, 0.6) is 0 Å². The molecule has 0 saturated carbocycles. The molecule has 6 atom stereocenters. The second-order valence-corrected chi connectivity index (χ2v) is 27.4. The van der Waals surface area contributed by atoms with E-state index >= 15 is 0 Å². The molecule has 0 aliphatic rings. The highest BCUT2D eigenvalue weighted by Crippen LogP contribution is 2.45. The van der Waals surface area contributed by atoms with Gasteiger partial charge in [-0.3, -0.25) is 37.3 Å². The first-order chi connectivity index (χ1) is 41.6. The summed E-state index contributed by atoms with van der Waals surface area (Å²) in [5.41, 5.74) is 0. The summed E-state index contributed by atoms with van der Waals surface area (Å²) >= 11 is 0. The van der Waals surface area contributed by atoms with Crippen molar-refractivity contribution in [3.8, 4) is 0 Å². The molecule has 0 aromatic carbocycles. The average molecular weight is 1270 g/mol. The van der Waals surface area contributed by atoms with Crippen LogP contribution in [-0.4, -0.2) is 96.7 Å². The maximum atomic E-state index is 13.0. The van der Waals surface area contributed by atoms with Gasteiger partial charge in [-0.25, -0.2) is 9.13 Å². The Kier molecular flexibility index (Phi) is 59.2. The fourth-order valence-corrected chi connectivity index (χ4v) is 11.7. The van der Waals surface area contributed by atoms with Crippen molar-refractivity contribution in [2.75, 3.05) is 39.6 Å². The van der Waals surface area contributed by atoms with Crippen molar-refractivity contribution in [2.45, 2.75) is 361 Å². The molecular formula is C67H130O17P2. The third kappa shape index (κ3) is 59.7. The summed E-state index contributed by atoms with van der Waals surface area (Å²) < 4.78 is 67.9. The van der Waals surface area contributed by atoms with Crippen LogP contribution in [-0.2, 0) is 65.4 Å². The summed E-state index contributed by atoms with van der Waals surface area (Å²) in [7, 11) is -9.88. The second kappa shape index (κ2) is 60.6. The Morgan fingerprint density at radius 3 is 0.826 bits per heavy atom. The van der Waals surface area contributed by atoms with Gasteiger partial charge in [-0.2, -0.15) is 0 Å². The fraction of sp³-hybridized carbons (Fsp3) is 0.940. The molecule has 0 aromatic rings. The van der Waals surface area contributed by atoms with Gasteiger partial charge in [0, 0.05) is 25.7 Å². The Bertz CT molecular complexity index is 1670. The Balaban J connectivity index is 5.09. The SMILES string of the molecule is CCCCCCCCCCCCCCCCCCCCCCCC(=O)O[C@H](COC(=O)CCCCCCCCC(C)CC)COP(=O)(O)OC[C@@H](O)COP(=O)(O)OC[C@@H](COC(=O)CCCCCCCCC)OC(=O)CCCCCCCCCC. The van der Waals surface area contributed by atoms with E-state index in [2.05, 4.69) is 34.6 Å². The van der Waals surface area contributed by atoms with Gasteiger partial charge in [0.1, 0.15) is 19.3 Å². The van der Waals surface area contributed by atoms with Crippen molar-refractivity contribution in [1.29, 1.82) is 0 Å². The number of carbonyl (C=O) groups excluding carboxylic acids is 4. The van der Waals surface area contributed by atoms with Crippen molar-refractivity contribution in [2.24, 2.45) is 5.92 Å². The van der Waals surface area contributed by atoms with Gasteiger partial charge in [-0.15, -0.1) is 0 Å². The number of phosphoric ester groups is 2. The number of aliphatic hydroxyl groups excluding tert-OH is 1. The zero-order chi connectivity index (χ0) is 63.5. The van der Waals surface area contributed by atoms with Crippen molar-refractivity contribution in [3.63, 3.8) is 0 Å². The average Bonchev–Trinajstić information content (AvgIpc) is 3.65. The third-order valence-electron chi connectivity index (χ3n) is 15.9. The molecule has 510 valence electrons. The predicted molar refractivity (Wildman–Crippen MR) is 345 cm³/mol. The van der Waals surface area contributed by atoms with Crippen LogP contribution in [0, 0.1) is 5.92 Å². The highest BCUT2D eigenvalue weighted by molar-refractivity contribution is 7.47. The van der Waals surface area contributed by atoms with E-state index in [1.807, 2.05) is 0 Å². The number of esters is 4. The Morgan fingerprint density at radius 2 is 0.558 bits per heavy atom. The second-order valence-electron chi connectivity index (χ2n) is 24.5. The minimum absolute atomic E-state index is 0.105. The molecule has 0 amide bonds. The maximum Gasteiger partial charge on any atom is 0.472 e. The summed E-state index contributed by atoms with van der Waals surface area (Å²) in [5, 5.41) is 10.5. The van der Waals surface area contributed by atoms with Gasteiger partial charge in [-0.05, 0) is 31.6 Å². The van der Waals surface area contributed by atoms with E-state index in [1.165, 1.54) is 141 Å². The molecule has 3 N–H and O–H groups in total. The molecule has 0 saturated heterocycles. The molecule has 0 rings (SSSR count). The number of hydrogen-bond donors (Lipinski definition) is 3. The first-order valence-electron chi connectivity index (χ1n) is 35.2. The summed E-state index contributed by atoms with van der Waals surface area (Å²) in [5.74, 6) is -1.41. The van der Waals surface area contributed by atoms with Crippen LogP contribution in [0.15, 0.2) is 0 Å². The quantitative estimate of drug-likeness (QED) is 0.0222. The van der Waals surface area contributed by atoms with Gasteiger partial charge >= 0.3 is 39.5 Å². The molecule has 0 aliphatic carbocycles. The molecule has 17 nitrogen and oxygen atoms in total. The first kappa shape index (κ1) is 84.1. The van der Waals surface area contributed by atoms with Crippen molar-refractivity contribution >= 4 is 39.5 Å². The molecule has 3 unspecified atom stereocenters. The highest BCUT2D eigenvalue weighted by Gasteiger charge is 2.30. The first-order valence-corrected chi connectivity index (χ1v) is 38.2. The smallest absolute Gasteiger partial charge is 0.462 e. The minimum atomic E-state index is -4.95. The van der Waals surface area contributed by atoms with Crippen LogP contribution in [0.1, 0.15) is 343 Å². The van der Waals surface area contributed by atoms with E-state index in [-0.39, 0.29) is 25.7 Å². The zero-order valence-electron chi connectivity index (χ0n) is 55.4. The summed E-state index contributed by atoms with van der Waals surface area (Å²) in [6.07, 6.45) is 46.3. The lowest BCUT2D eigenvalue weighted by molar-refractivity contribution is -0.161. The van der Waals surface area contributed by atoms with Gasteiger partial charge in [0.05, 0.1) is 26.4 Å². The number of ether oxygens (including phenoxy) is 4. The molecular weight excluding hydrogens is 1140 g/mol. The van der Waals surface area contributed by atoms with Crippen LogP contribution in [0.3, 0.4) is 0 Å². The van der Waals surface area contributed by atoms with Gasteiger partial charge in [-0.1, -0.05) is 291 Å². The minimum Gasteiger partial charge on any atom is -0.462 e. The molecule has 0 spiro atoms. The Hall–Kier alpha value is -1.94. The molecule has 86 heavy (non-hydrogen) atoms. The topological polar surface area (TPSA) is 237 Å². The number of carbonyl (C=O) groups is 4. The summed E-state index contributed by atoms with van der Waals surface area (Å²) in [4.78, 5) is 72.1. The predicted octanol–water partition coefficient (Wildman–Crippen LogP) is 19.0. The number of phosphoric acid groups is 2. The van der Waals surface area contributed by atoms with Gasteiger partial charge in [0.15, 0.2) is 12.2 Å². The number of hydrogen-bond acceptors (Lipinski definition) is 15. The standard InChI is InChI=1S/C67H130O17P2/c1-6-10-13-16-19-21-22-23-24-25-26-27-28-29-30-31-32-33-36-43-48-53-67(72)84-63(57-78-65(70)51-46-41-38-37-39-44-49-60(5)9-4)59-82-86(75,76)80-55-61(68)54-79-85(73,74)81-58-62(56-77-64(69)50-45-40-34-18-15-12-8-3)83-66(71)52-47-42-35-20-17-14-11-7-2/h60-63,68H,6-59H2,1-5H3,(H,73,74)(H,75,76)/t60?,61-,62+,63+/m0/s1. The molecule has 0 aliphatic heterocycles. The van der Waals surface area contributed by atoms with E-state index in [1.54, 1.807) is 0 Å². The number of unbranched alkanes of at least 4 members (excludes halogenated alkanes) is 38. The normalized spacial score (nSPS) is 14.5. The van der Waals surface area contributed by atoms with Gasteiger partial charge < -0.3 is 33.8 Å². The van der Waals surface area contributed by atoms with Crippen LogP contribution in [0.4, 0.5) is 0 Å². The molecule has 0 radical (unpaired) electrons. The molecule has 19 heteroatoms. The van der Waals surface area contributed by atoms with Crippen molar-refractivity contribution in [3.05, 3.63) is 0 Å². The number of rotatable bonds is 67. The zero-order valence-corrected chi connectivity index (χ0v) is 57.2. The lowest BCUT2D eigenvalue weighted by Gasteiger charge is -2.21. The number of aliphatic hydroxyl groups is 1. The van der Waals surface area contributed by atoms with Gasteiger partial charge in [0.25, 0.3) is 0 Å². The van der Waals surface area contributed by atoms with Crippen LogP contribution >= 0.6 is 15.6 Å². The highest BCUT2D eigenvalue weighted by atomic mass is 31.2. The Morgan fingerprint density at radius 1 is 0.326 bits per heavy atom. The lowest BCUT2D eigenvalue weighted by Crippen LogP contribution is -2.30. The largest absolute Gasteiger partial charge is 0.472 e. The van der Waals surface area contributed by atoms with E-state index < -0.39 is 97.5 Å². The molecule has 0 bridgehead atoms. The van der Waals surface area contributed by atoms with Crippen LogP contribution in [0.2, 0.25) is 0 Å². The lowest BCUT2D eigenvalue weighted by atomic mass is 10.00. The molecule has 0 aromatic heterocycles. The van der Waals surface area contributed by atoms with Crippen molar-refractivity contribution in [1.82, 2.24) is 0 Å². The molecule has 0 heterocycles. The fourth-order valence-electron chi connectivity index (χ4n) is 10.1. The summed E-state index contributed by atoms with van der Waals surface area (Å²) in [6.45, 7) is 7.10. The third-order valence-corrected chi connectivity index (χ3v) is 17.8. The van der Waals surface area contributed by atoms with Crippen LogP contribution < -0.4 is 0 Å². The van der Waals surface area contributed by atoms with E-state index in [0.717, 1.165) is 121 Å². The summed E-state index contributed by atoms with van der Waals surface area (Å²) in [6, 6.07) is 0.